The molecule has 0 spiro atoms. The Kier molecular flexibility index (Phi) is 7.83. The van der Waals surface area contributed by atoms with Crippen LogP contribution in [0.1, 0.15) is 64.0 Å². The van der Waals surface area contributed by atoms with Crippen molar-refractivity contribution in [2.45, 2.75) is 58.3 Å². The van der Waals surface area contributed by atoms with Gasteiger partial charge in [0.1, 0.15) is 11.5 Å². The zero-order valence-corrected chi connectivity index (χ0v) is 15.5. The Morgan fingerprint density at radius 2 is 1.71 bits per heavy atom. The largest absolute Gasteiger partial charge is 0.496 e. The second kappa shape index (κ2) is 9.36. The molecule has 0 fully saturated rings. The smallest absolute Gasteiger partial charge is 0.328 e. The summed E-state index contributed by atoms with van der Waals surface area (Å²) in [5, 5.41) is 8.86. The molecule has 1 aromatic carbocycles. The quantitative estimate of drug-likeness (QED) is 0.480. The molecule has 0 radical (unpaired) electrons. The van der Waals surface area contributed by atoms with Crippen LogP contribution in [-0.2, 0) is 10.2 Å². The molecule has 0 saturated carbocycles. The van der Waals surface area contributed by atoms with Crippen LogP contribution in [0.4, 0.5) is 0 Å². The number of carboxylic acids is 1. The zero-order valence-electron chi connectivity index (χ0n) is 15.5. The van der Waals surface area contributed by atoms with Gasteiger partial charge in [-0.2, -0.15) is 0 Å². The van der Waals surface area contributed by atoms with Gasteiger partial charge >= 0.3 is 5.97 Å². The van der Waals surface area contributed by atoms with Crippen LogP contribution in [0, 0.1) is 0 Å². The number of rotatable bonds is 10. The molecule has 1 aromatic rings. The summed E-state index contributed by atoms with van der Waals surface area (Å²) in [6, 6.07) is 3.98. The van der Waals surface area contributed by atoms with Crippen LogP contribution in [0.25, 0.3) is 6.08 Å². The van der Waals surface area contributed by atoms with Crippen molar-refractivity contribution in [3.63, 3.8) is 0 Å². The molecule has 0 aromatic heterocycles. The summed E-state index contributed by atoms with van der Waals surface area (Å²) in [5.74, 6) is 0.256. The maximum Gasteiger partial charge on any atom is 0.328 e. The molecule has 1 N–H and O–H groups in total. The lowest BCUT2D eigenvalue weighted by Gasteiger charge is -2.27. The van der Waals surface area contributed by atoms with E-state index in [4.69, 9.17) is 14.6 Å². The molecular weight excluding hydrogens is 304 g/mol. The number of ether oxygens (including phenoxy) is 2. The fourth-order valence-corrected chi connectivity index (χ4v) is 2.79. The minimum atomic E-state index is -1.00. The molecule has 0 aliphatic rings. The van der Waals surface area contributed by atoms with Crippen molar-refractivity contribution < 1.29 is 19.4 Å². The molecule has 4 nitrogen and oxygen atoms in total. The van der Waals surface area contributed by atoms with Gasteiger partial charge in [-0.15, -0.1) is 0 Å². The van der Waals surface area contributed by atoms with Crippen LogP contribution in [0.2, 0.25) is 0 Å². The fourth-order valence-electron chi connectivity index (χ4n) is 2.79. The van der Waals surface area contributed by atoms with E-state index in [9.17, 15) is 4.79 Å². The number of aliphatic carboxylic acids is 1. The minimum absolute atomic E-state index is 0.00332. The van der Waals surface area contributed by atoms with Crippen molar-refractivity contribution in [1.82, 2.24) is 0 Å². The maximum atomic E-state index is 10.8. The molecule has 0 saturated heterocycles. The van der Waals surface area contributed by atoms with Gasteiger partial charge in [0.25, 0.3) is 0 Å². The first kappa shape index (κ1) is 20.1. The summed E-state index contributed by atoms with van der Waals surface area (Å²) < 4.78 is 10.9. The van der Waals surface area contributed by atoms with Gasteiger partial charge in [0, 0.05) is 6.08 Å². The van der Waals surface area contributed by atoms with Crippen molar-refractivity contribution in [2.75, 3.05) is 14.2 Å². The molecule has 24 heavy (non-hydrogen) atoms. The van der Waals surface area contributed by atoms with Gasteiger partial charge in [-0.25, -0.2) is 4.79 Å². The van der Waals surface area contributed by atoms with Crippen molar-refractivity contribution in [2.24, 2.45) is 0 Å². The molecule has 0 bridgehead atoms. The molecule has 1 rings (SSSR count). The van der Waals surface area contributed by atoms with E-state index in [0.29, 0.717) is 17.1 Å². The van der Waals surface area contributed by atoms with Crippen LogP contribution in [-0.4, -0.2) is 25.3 Å². The van der Waals surface area contributed by atoms with Crippen LogP contribution in [0.15, 0.2) is 18.2 Å². The first-order valence-electron chi connectivity index (χ1n) is 8.53. The third-order valence-corrected chi connectivity index (χ3v) is 4.37. The summed E-state index contributed by atoms with van der Waals surface area (Å²) in [6.07, 6.45) is 8.62. The van der Waals surface area contributed by atoms with E-state index in [0.717, 1.165) is 18.1 Å². The second-order valence-electron chi connectivity index (χ2n) is 6.66. The molecule has 0 heterocycles. The van der Waals surface area contributed by atoms with Crippen LogP contribution < -0.4 is 9.47 Å². The van der Waals surface area contributed by atoms with Gasteiger partial charge in [-0.1, -0.05) is 46.5 Å². The topological polar surface area (TPSA) is 55.8 Å². The molecule has 4 heteroatoms. The number of hydrogen-bond acceptors (Lipinski definition) is 3. The lowest BCUT2D eigenvalue weighted by atomic mass is 9.79. The molecule has 134 valence electrons. The highest BCUT2D eigenvalue weighted by Crippen LogP contribution is 2.38. The lowest BCUT2D eigenvalue weighted by molar-refractivity contribution is -0.131. The molecule has 0 atom stereocenters. The number of methoxy groups -OCH3 is 2. The van der Waals surface area contributed by atoms with Crippen molar-refractivity contribution in [3.05, 3.63) is 29.3 Å². The highest BCUT2D eigenvalue weighted by molar-refractivity contribution is 5.86. The Hall–Kier alpha value is -1.97. The number of unbranched alkanes of at least 4 members (excludes halogenated alkanes) is 3. The van der Waals surface area contributed by atoms with E-state index >= 15 is 0 Å². The van der Waals surface area contributed by atoms with Crippen LogP contribution >= 0.6 is 0 Å². The average Bonchev–Trinajstić information content (AvgIpc) is 2.55. The van der Waals surface area contributed by atoms with E-state index < -0.39 is 5.97 Å². The van der Waals surface area contributed by atoms with E-state index in [1.807, 2.05) is 12.1 Å². The number of carboxylic acid groups (broad SMARTS) is 1. The van der Waals surface area contributed by atoms with Gasteiger partial charge in [0.2, 0.25) is 0 Å². The summed E-state index contributed by atoms with van der Waals surface area (Å²) in [6.45, 7) is 6.66. The SMILES string of the molecule is CCCCCCC(C)(C)c1cc(OC)c(/C=C\C(=O)O)c(OC)c1. The minimum Gasteiger partial charge on any atom is -0.496 e. The average molecular weight is 334 g/mol. The lowest BCUT2D eigenvalue weighted by Crippen LogP contribution is -2.17. The fraction of sp³-hybridized carbons (Fsp3) is 0.550. The summed E-state index contributed by atoms with van der Waals surface area (Å²) in [7, 11) is 3.18. The van der Waals surface area contributed by atoms with Crippen molar-refractivity contribution in [1.29, 1.82) is 0 Å². The van der Waals surface area contributed by atoms with Crippen molar-refractivity contribution >= 4 is 12.0 Å². The summed E-state index contributed by atoms with van der Waals surface area (Å²) >= 11 is 0. The highest BCUT2D eigenvalue weighted by Gasteiger charge is 2.23. The Labute approximate surface area is 145 Å². The second-order valence-corrected chi connectivity index (χ2v) is 6.66. The third kappa shape index (κ3) is 5.59. The Morgan fingerprint density at radius 3 is 2.17 bits per heavy atom. The Morgan fingerprint density at radius 1 is 1.12 bits per heavy atom. The number of benzene rings is 1. The standard InChI is InChI=1S/C20H30O4/c1-6-7-8-9-12-20(2,3)15-13-17(23-4)16(10-11-19(21)22)18(14-15)24-5/h10-11,13-14H,6-9,12H2,1-5H3,(H,21,22)/b11-10-. The van der Waals surface area contributed by atoms with Gasteiger partial charge in [-0.05, 0) is 35.6 Å². The maximum absolute atomic E-state index is 10.8. The first-order chi connectivity index (χ1) is 11.4. The summed E-state index contributed by atoms with van der Waals surface area (Å²) in [5.41, 5.74) is 1.79. The van der Waals surface area contributed by atoms with Gasteiger partial charge in [0.15, 0.2) is 0 Å². The van der Waals surface area contributed by atoms with Crippen LogP contribution in [0.5, 0.6) is 11.5 Å². The van der Waals surface area contributed by atoms with E-state index in [2.05, 4.69) is 20.8 Å². The molecule has 0 aliphatic carbocycles. The van der Waals surface area contributed by atoms with E-state index in [-0.39, 0.29) is 5.41 Å². The number of hydrogen-bond donors (Lipinski definition) is 1. The van der Waals surface area contributed by atoms with Gasteiger partial charge in [-0.3, -0.25) is 0 Å². The van der Waals surface area contributed by atoms with E-state index in [1.54, 1.807) is 14.2 Å². The highest BCUT2D eigenvalue weighted by atomic mass is 16.5. The first-order valence-corrected chi connectivity index (χ1v) is 8.53. The third-order valence-electron chi connectivity index (χ3n) is 4.37. The van der Waals surface area contributed by atoms with Gasteiger partial charge < -0.3 is 14.6 Å². The molecular formula is C20H30O4. The normalized spacial score (nSPS) is 11.7. The van der Waals surface area contributed by atoms with Gasteiger partial charge in [0.05, 0.1) is 19.8 Å². The van der Waals surface area contributed by atoms with Crippen molar-refractivity contribution in [3.8, 4) is 11.5 Å². The molecule has 0 unspecified atom stereocenters. The predicted molar refractivity (Wildman–Crippen MR) is 98.0 cm³/mol. The number of carbonyl (C=O) groups is 1. The predicted octanol–water partition coefficient (Wildman–Crippen LogP) is 5.05. The Balaban J connectivity index is 3.14. The zero-order chi connectivity index (χ0) is 18.2. The summed E-state index contributed by atoms with van der Waals surface area (Å²) in [4.78, 5) is 10.8. The van der Waals surface area contributed by atoms with E-state index in [1.165, 1.54) is 31.8 Å². The van der Waals surface area contributed by atoms with Crippen LogP contribution in [0.3, 0.4) is 0 Å². The Bertz CT molecular complexity index is 548. The monoisotopic (exact) mass is 334 g/mol. The molecule has 0 amide bonds. The molecule has 0 aliphatic heterocycles.